The third kappa shape index (κ3) is 10.1. The number of hydrogen-bond donors (Lipinski definition) is 0. The molecule has 0 radical (unpaired) electrons. The normalized spacial score (nSPS) is 13.8. The van der Waals surface area contributed by atoms with Gasteiger partial charge in [-0.05, 0) is 181 Å². The molecule has 9 aromatic carbocycles. The monoisotopic (exact) mass is 1060 g/mol. The summed E-state index contributed by atoms with van der Waals surface area (Å²) in [6.07, 6.45) is 0. The largest absolute Gasteiger partial charge is 0.310 e. The van der Waals surface area contributed by atoms with Crippen LogP contribution in [0.5, 0.6) is 0 Å². The molecule has 0 amide bonds. The van der Waals surface area contributed by atoms with Crippen LogP contribution in [-0.2, 0) is 43.3 Å². The van der Waals surface area contributed by atoms with E-state index in [-0.39, 0.29) is 43.3 Å². The summed E-state index contributed by atoms with van der Waals surface area (Å²) in [5, 5.41) is 10.2. The molecule has 1 aromatic heterocycles. The highest BCUT2D eigenvalue weighted by Gasteiger charge is 2.33. The minimum atomic E-state index is -0.232. The van der Waals surface area contributed by atoms with E-state index < -0.39 is 0 Å². The molecular formula is C78H94N2. The van der Waals surface area contributed by atoms with Gasteiger partial charge < -0.3 is 9.47 Å². The molecule has 1 heterocycles. The molecule has 80 heavy (non-hydrogen) atoms. The SMILES string of the molecule is CC(C)(C)c1cc(-c2cc(C(C)(C)C)c(N(c3cc(C(C)(C)C)cc(C(C)(C)C)c3)c3ccc4ccc5c(-n6c7ccc(C(C)(C)C)cc7c7cc(C(C)(C)C)ccc76)ccc6ccc3c4c65)cc2C(C)(C)C)cc(C(C)(C)C)c1. The van der Waals surface area contributed by atoms with E-state index in [1.54, 1.807) is 0 Å². The fraction of sp³-hybridized carbons (Fsp3) is 0.410. The summed E-state index contributed by atoms with van der Waals surface area (Å²) >= 11 is 0. The van der Waals surface area contributed by atoms with E-state index in [2.05, 4.69) is 309 Å². The molecule has 10 rings (SSSR count). The summed E-state index contributed by atoms with van der Waals surface area (Å²) in [5.74, 6) is 0. The average molecular weight is 1060 g/mol. The third-order valence-corrected chi connectivity index (χ3v) is 17.5. The van der Waals surface area contributed by atoms with Crippen molar-refractivity contribution >= 4 is 71.2 Å². The highest BCUT2D eigenvalue weighted by molar-refractivity contribution is 6.27. The first kappa shape index (κ1) is 56.9. The molecular weight excluding hydrogens is 965 g/mol. The molecule has 0 atom stereocenters. The highest BCUT2D eigenvalue weighted by atomic mass is 15.1. The molecule has 0 fully saturated rings. The Morgan fingerprint density at radius 2 is 0.688 bits per heavy atom. The standard InChI is InChI=1S/C78H94N2/c1-71(2,3)50-29-35-66-60(43-50)61-44-51(72(4,5)6)30-36-67(61)80(66)65-34-28-48-25-31-57-64(33-27-47-26-32-58(65)70(48)69(47)57)79(56-41-54(75(13,14)15)40-55(42-56)76(16,17)18)68-46-62(77(19,20)21)59(45-63(68)78(22,23)24)49-37-52(73(7,8)9)39-53(38-49)74(10,11)12/h25-46H,1-24H3. The lowest BCUT2D eigenvalue weighted by molar-refractivity contribution is 0.568. The molecule has 10 aromatic rings. The zero-order chi connectivity index (χ0) is 58.6. The number of aromatic nitrogens is 1. The van der Waals surface area contributed by atoms with Crippen molar-refractivity contribution in [3.8, 4) is 16.8 Å². The number of nitrogens with zero attached hydrogens (tertiary/aromatic N) is 2. The van der Waals surface area contributed by atoms with E-state index in [0.717, 1.165) is 0 Å². The van der Waals surface area contributed by atoms with Crippen molar-refractivity contribution in [1.29, 1.82) is 0 Å². The first-order valence-electron chi connectivity index (χ1n) is 29.8. The van der Waals surface area contributed by atoms with Gasteiger partial charge in [-0.25, -0.2) is 0 Å². The van der Waals surface area contributed by atoms with Gasteiger partial charge >= 0.3 is 0 Å². The first-order valence-corrected chi connectivity index (χ1v) is 29.8. The van der Waals surface area contributed by atoms with Gasteiger partial charge in [-0.15, -0.1) is 0 Å². The van der Waals surface area contributed by atoms with Crippen LogP contribution in [0, 0.1) is 0 Å². The van der Waals surface area contributed by atoms with E-state index in [1.165, 1.54) is 133 Å². The smallest absolute Gasteiger partial charge is 0.0541 e. The van der Waals surface area contributed by atoms with Gasteiger partial charge in [0.25, 0.3) is 0 Å². The Labute approximate surface area is 482 Å². The van der Waals surface area contributed by atoms with Gasteiger partial charge in [0, 0.05) is 27.2 Å². The number of rotatable bonds is 5. The second-order valence-electron chi connectivity index (χ2n) is 32.2. The minimum absolute atomic E-state index is 0.0173. The van der Waals surface area contributed by atoms with Gasteiger partial charge in [0.1, 0.15) is 0 Å². The van der Waals surface area contributed by atoms with E-state index >= 15 is 0 Å². The van der Waals surface area contributed by atoms with E-state index in [0.29, 0.717) is 0 Å². The molecule has 0 saturated carbocycles. The van der Waals surface area contributed by atoms with Crippen molar-refractivity contribution in [1.82, 2.24) is 4.57 Å². The number of anilines is 3. The molecule has 0 saturated heterocycles. The molecule has 0 N–H and O–H groups in total. The topological polar surface area (TPSA) is 8.17 Å². The molecule has 0 unspecified atom stereocenters. The third-order valence-electron chi connectivity index (χ3n) is 17.5. The number of benzene rings is 9. The molecule has 0 aliphatic rings. The Morgan fingerprint density at radius 1 is 0.287 bits per heavy atom. The maximum atomic E-state index is 2.68. The quantitative estimate of drug-likeness (QED) is 0.156. The molecule has 2 heteroatoms. The van der Waals surface area contributed by atoms with Gasteiger partial charge in [0.05, 0.1) is 28.1 Å². The molecule has 2 nitrogen and oxygen atoms in total. The Bertz CT molecular complexity index is 3920. The van der Waals surface area contributed by atoms with E-state index in [9.17, 15) is 0 Å². The summed E-state index contributed by atoms with van der Waals surface area (Å²) in [5.41, 5.74) is 20.1. The van der Waals surface area contributed by atoms with Gasteiger partial charge in [0.2, 0.25) is 0 Å². The lowest BCUT2D eigenvalue weighted by atomic mass is 9.74. The zero-order valence-corrected chi connectivity index (χ0v) is 53.6. The summed E-state index contributed by atoms with van der Waals surface area (Å²) in [6.45, 7) is 56.8. The lowest BCUT2D eigenvalue weighted by Gasteiger charge is -2.37. The maximum Gasteiger partial charge on any atom is 0.0541 e. The molecule has 0 aliphatic carbocycles. The van der Waals surface area contributed by atoms with Gasteiger partial charge in [0.15, 0.2) is 0 Å². The van der Waals surface area contributed by atoms with Crippen LogP contribution in [0.3, 0.4) is 0 Å². The molecule has 0 bridgehead atoms. The van der Waals surface area contributed by atoms with Crippen molar-refractivity contribution in [3.05, 3.63) is 178 Å². The van der Waals surface area contributed by atoms with Crippen LogP contribution < -0.4 is 4.90 Å². The van der Waals surface area contributed by atoms with Crippen LogP contribution in [0.25, 0.3) is 70.9 Å². The Balaban J connectivity index is 1.33. The zero-order valence-electron chi connectivity index (χ0n) is 53.6. The Hall–Kier alpha value is -6.38. The van der Waals surface area contributed by atoms with Crippen LogP contribution in [0.2, 0.25) is 0 Å². The molecule has 0 spiro atoms. The van der Waals surface area contributed by atoms with Crippen molar-refractivity contribution < 1.29 is 0 Å². The molecule has 0 aliphatic heterocycles. The van der Waals surface area contributed by atoms with Crippen molar-refractivity contribution in [3.63, 3.8) is 0 Å². The second-order valence-corrected chi connectivity index (χ2v) is 32.2. The Kier molecular flexibility index (Phi) is 13.2. The number of hydrogen-bond acceptors (Lipinski definition) is 1. The van der Waals surface area contributed by atoms with Crippen molar-refractivity contribution in [2.24, 2.45) is 0 Å². The maximum absolute atomic E-state index is 2.68. The second kappa shape index (κ2) is 18.6. The summed E-state index contributed by atoms with van der Waals surface area (Å²) in [7, 11) is 0. The average Bonchev–Trinajstić information content (AvgIpc) is 3.66. The van der Waals surface area contributed by atoms with Crippen LogP contribution in [0.1, 0.15) is 211 Å². The lowest BCUT2D eigenvalue weighted by Crippen LogP contribution is -2.24. The van der Waals surface area contributed by atoms with Crippen LogP contribution in [0.4, 0.5) is 17.1 Å². The molecule has 416 valence electrons. The predicted octanol–water partition coefficient (Wildman–Crippen LogP) is 23.2. The summed E-state index contributed by atoms with van der Waals surface area (Å²) in [4.78, 5) is 2.68. The summed E-state index contributed by atoms with van der Waals surface area (Å²) in [6, 6.07) is 53.7. The van der Waals surface area contributed by atoms with Crippen LogP contribution in [0.15, 0.2) is 133 Å². The summed E-state index contributed by atoms with van der Waals surface area (Å²) < 4.78 is 2.56. The first-order chi connectivity index (χ1) is 36.7. The van der Waals surface area contributed by atoms with Crippen LogP contribution >= 0.6 is 0 Å². The fourth-order valence-corrected chi connectivity index (χ4v) is 12.3. The van der Waals surface area contributed by atoms with Crippen LogP contribution in [-0.4, -0.2) is 4.57 Å². The predicted molar refractivity (Wildman–Crippen MR) is 354 cm³/mol. The van der Waals surface area contributed by atoms with Gasteiger partial charge in [-0.3, -0.25) is 0 Å². The van der Waals surface area contributed by atoms with Gasteiger partial charge in [-0.1, -0.05) is 239 Å². The minimum Gasteiger partial charge on any atom is -0.310 e. The van der Waals surface area contributed by atoms with Gasteiger partial charge in [-0.2, -0.15) is 0 Å². The number of fused-ring (bicyclic) bond motifs is 3. The van der Waals surface area contributed by atoms with Crippen molar-refractivity contribution in [2.75, 3.05) is 4.90 Å². The van der Waals surface area contributed by atoms with E-state index in [4.69, 9.17) is 0 Å². The highest BCUT2D eigenvalue weighted by Crippen LogP contribution is 2.52. The van der Waals surface area contributed by atoms with Crippen molar-refractivity contribution in [2.45, 2.75) is 209 Å². The Morgan fingerprint density at radius 3 is 1.12 bits per heavy atom. The van der Waals surface area contributed by atoms with E-state index in [1.807, 2.05) is 0 Å². The fourth-order valence-electron chi connectivity index (χ4n) is 12.3.